The van der Waals surface area contributed by atoms with Crippen LogP contribution in [0.25, 0.3) is 0 Å². The quantitative estimate of drug-likeness (QED) is 0.893. The predicted octanol–water partition coefficient (Wildman–Crippen LogP) is 1.59. The number of benzene rings is 1. The smallest absolute Gasteiger partial charge is 0.226 e. The van der Waals surface area contributed by atoms with Crippen LogP contribution >= 0.6 is 11.6 Å². The Morgan fingerprint density at radius 2 is 2.05 bits per heavy atom. The number of hydrogen-bond acceptors (Lipinski definition) is 4. The molecule has 0 radical (unpaired) electrons. The molecular formula is C16H24ClN3O2. The zero-order valence-electron chi connectivity index (χ0n) is 13.2. The number of amides is 1. The van der Waals surface area contributed by atoms with Crippen LogP contribution in [0, 0.1) is 5.92 Å². The summed E-state index contributed by atoms with van der Waals surface area (Å²) in [4.78, 5) is 16.3. The molecule has 1 atom stereocenters. The summed E-state index contributed by atoms with van der Waals surface area (Å²) in [6, 6.07) is 5.66. The standard InChI is InChI=1S/C16H24ClN3O2/c1-12(10-18)16(21)20-7-5-19(6-8-20)11-13-9-14(17)3-4-15(13)22-2/h3-4,9,12H,5-8,10-11,18H2,1-2H3. The number of carbonyl (C=O) groups excluding carboxylic acids is 1. The van der Waals surface area contributed by atoms with Gasteiger partial charge in [-0.25, -0.2) is 0 Å². The molecule has 1 aliphatic rings. The Hall–Kier alpha value is -1.30. The maximum atomic E-state index is 12.1. The second-order valence-electron chi connectivity index (χ2n) is 5.69. The summed E-state index contributed by atoms with van der Waals surface area (Å²) in [5.41, 5.74) is 6.65. The van der Waals surface area contributed by atoms with Crippen LogP contribution in [0.2, 0.25) is 5.02 Å². The van der Waals surface area contributed by atoms with E-state index in [1.165, 1.54) is 0 Å². The zero-order chi connectivity index (χ0) is 16.1. The molecule has 1 amide bonds. The molecule has 0 aliphatic carbocycles. The molecular weight excluding hydrogens is 302 g/mol. The molecule has 0 bridgehead atoms. The van der Waals surface area contributed by atoms with Crippen molar-refractivity contribution >= 4 is 17.5 Å². The van der Waals surface area contributed by atoms with Crippen molar-refractivity contribution in [1.82, 2.24) is 9.80 Å². The highest BCUT2D eigenvalue weighted by atomic mass is 35.5. The number of nitrogens with zero attached hydrogens (tertiary/aromatic N) is 2. The van der Waals surface area contributed by atoms with Crippen molar-refractivity contribution in [3.05, 3.63) is 28.8 Å². The van der Waals surface area contributed by atoms with Gasteiger partial charge in [-0.15, -0.1) is 0 Å². The lowest BCUT2D eigenvalue weighted by molar-refractivity contribution is -0.136. The largest absolute Gasteiger partial charge is 0.496 e. The summed E-state index contributed by atoms with van der Waals surface area (Å²) in [5, 5.41) is 0.710. The summed E-state index contributed by atoms with van der Waals surface area (Å²) < 4.78 is 5.38. The number of hydrogen-bond donors (Lipinski definition) is 1. The first kappa shape index (κ1) is 17.1. The third-order valence-electron chi connectivity index (χ3n) is 4.10. The van der Waals surface area contributed by atoms with Crippen molar-refractivity contribution in [2.24, 2.45) is 11.7 Å². The minimum Gasteiger partial charge on any atom is -0.496 e. The predicted molar refractivity (Wildman–Crippen MR) is 88.1 cm³/mol. The molecule has 6 heteroatoms. The Kier molecular flexibility index (Phi) is 6.06. The highest BCUT2D eigenvalue weighted by molar-refractivity contribution is 6.30. The van der Waals surface area contributed by atoms with Crippen LogP contribution < -0.4 is 10.5 Å². The lowest BCUT2D eigenvalue weighted by Crippen LogP contribution is -2.50. The van der Waals surface area contributed by atoms with Crippen molar-refractivity contribution in [1.29, 1.82) is 0 Å². The van der Waals surface area contributed by atoms with E-state index < -0.39 is 0 Å². The van der Waals surface area contributed by atoms with Gasteiger partial charge in [-0.05, 0) is 18.2 Å². The molecule has 1 unspecified atom stereocenters. The topological polar surface area (TPSA) is 58.8 Å². The van der Waals surface area contributed by atoms with E-state index in [1.54, 1.807) is 7.11 Å². The van der Waals surface area contributed by atoms with Crippen LogP contribution in [0.4, 0.5) is 0 Å². The summed E-state index contributed by atoms with van der Waals surface area (Å²) in [5.74, 6) is 0.904. The van der Waals surface area contributed by atoms with Gasteiger partial charge in [0.2, 0.25) is 5.91 Å². The van der Waals surface area contributed by atoms with Gasteiger partial charge >= 0.3 is 0 Å². The SMILES string of the molecule is COc1ccc(Cl)cc1CN1CCN(C(=O)C(C)CN)CC1. The normalized spacial score (nSPS) is 17.4. The fraction of sp³-hybridized carbons (Fsp3) is 0.562. The summed E-state index contributed by atoms with van der Waals surface area (Å²) in [7, 11) is 1.66. The molecule has 1 saturated heterocycles. The first-order valence-corrected chi connectivity index (χ1v) is 7.96. The molecule has 1 aliphatic heterocycles. The molecule has 1 aromatic carbocycles. The number of carbonyl (C=O) groups is 1. The van der Waals surface area contributed by atoms with Crippen molar-refractivity contribution in [2.75, 3.05) is 39.8 Å². The maximum Gasteiger partial charge on any atom is 0.226 e. The Morgan fingerprint density at radius 1 is 1.36 bits per heavy atom. The fourth-order valence-corrected chi connectivity index (χ4v) is 2.85. The number of piperazine rings is 1. The van der Waals surface area contributed by atoms with E-state index in [0.29, 0.717) is 11.6 Å². The minimum absolute atomic E-state index is 0.0976. The van der Waals surface area contributed by atoms with E-state index >= 15 is 0 Å². The molecule has 5 nitrogen and oxygen atoms in total. The Bertz CT molecular complexity index is 516. The number of ether oxygens (including phenoxy) is 1. The van der Waals surface area contributed by atoms with Crippen molar-refractivity contribution in [3.8, 4) is 5.75 Å². The van der Waals surface area contributed by atoms with Gasteiger partial charge in [0.05, 0.1) is 7.11 Å². The monoisotopic (exact) mass is 325 g/mol. The lowest BCUT2D eigenvalue weighted by Gasteiger charge is -2.36. The lowest BCUT2D eigenvalue weighted by atomic mass is 10.1. The van der Waals surface area contributed by atoms with Gasteiger partial charge in [0, 0.05) is 55.8 Å². The molecule has 0 spiro atoms. The van der Waals surface area contributed by atoms with Crippen LogP contribution in [0.5, 0.6) is 5.75 Å². The molecule has 122 valence electrons. The first-order valence-electron chi connectivity index (χ1n) is 7.58. The summed E-state index contributed by atoms with van der Waals surface area (Å²) in [6.45, 7) is 6.23. The maximum absolute atomic E-state index is 12.1. The Morgan fingerprint density at radius 3 is 2.64 bits per heavy atom. The zero-order valence-corrected chi connectivity index (χ0v) is 14.0. The van der Waals surface area contributed by atoms with Crippen LogP contribution in [0.3, 0.4) is 0 Å². The Balaban J connectivity index is 1.93. The average molecular weight is 326 g/mol. The van der Waals surface area contributed by atoms with Gasteiger partial charge < -0.3 is 15.4 Å². The van der Waals surface area contributed by atoms with Gasteiger partial charge in [-0.2, -0.15) is 0 Å². The van der Waals surface area contributed by atoms with E-state index in [-0.39, 0.29) is 11.8 Å². The van der Waals surface area contributed by atoms with Gasteiger partial charge in [-0.3, -0.25) is 9.69 Å². The third kappa shape index (κ3) is 4.12. The molecule has 2 N–H and O–H groups in total. The third-order valence-corrected chi connectivity index (χ3v) is 4.33. The summed E-state index contributed by atoms with van der Waals surface area (Å²) >= 11 is 6.07. The van der Waals surface area contributed by atoms with Gasteiger partial charge in [0.1, 0.15) is 5.75 Å². The van der Waals surface area contributed by atoms with Crippen molar-refractivity contribution in [3.63, 3.8) is 0 Å². The number of nitrogens with two attached hydrogens (primary N) is 1. The highest BCUT2D eigenvalue weighted by Crippen LogP contribution is 2.24. The van der Waals surface area contributed by atoms with E-state index in [1.807, 2.05) is 30.0 Å². The summed E-state index contributed by atoms with van der Waals surface area (Å²) in [6.07, 6.45) is 0. The average Bonchev–Trinajstić information content (AvgIpc) is 2.54. The molecule has 0 saturated carbocycles. The fourth-order valence-electron chi connectivity index (χ4n) is 2.65. The van der Waals surface area contributed by atoms with Gasteiger partial charge in [0.15, 0.2) is 0 Å². The van der Waals surface area contributed by atoms with Crippen molar-refractivity contribution in [2.45, 2.75) is 13.5 Å². The Labute approximate surface area is 137 Å². The molecule has 1 heterocycles. The number of methoxy groups -OCH3 is 1. The van der Waals surface area contributed by atoms with E-state index in [2.05, 4.69) is 4.90 Å². The van der Waals surface area contributed by atoms with E-state index in [4.69, 9.17) is 22.1 Å². The number of rotatable bonds is 5. The minimum atomic E-state index is -0.0976. The molecule has 2 rings (SSSR count). The molecule has 22 heavy (non-hydrogen) atoms. The molecule has 0 aromatic heterocycles. The first-order chi connectivity index (χ1) is 10.5. The molecule has 1 fully saturated rings. The van der Waals surface area contributed by atoms with Crippen LogP contribution in [0.15, 0.2) is 18.2 Å². The van der Waals surface area contributed by atoms with Crippen LogP contribution in [0.1, 0.15) is 12.5 Å². The van der Waals surface area contributed by atoms with Gasteiger partial charge in [0.25, 0.3) is 0 Å². The van der Waals surface area contributed by atoms with E-state index in [0.717, 1.165) is 44.0 Å². The van der Waals surface area contributed by atoms with Crippen LogP contribution in [-0.4, -0.2) is 55.5 Å². The van der Waals surface area contributed by atoms with E-state index in [9.17, 15) is 4.79 Å². The van der Waals surface area contributed by atoms with Gasteiger partial charge in [-0.1, -0.05) is 18.5 Å². The second kappa shape index (κ2) is 7.81. The number of halogens is 1. The molecule has 1 aromatic rings. The highest BCUT2D eigenvalue weighted by Gasteiger charge is 2.24. The second-order valence-corrected chi connectivity index (χ2v) is 6.13. The van der Waals surface area contributed by atoms with Crippen LogP contribution in [-0.2, 0) is 11.3 Å². The van der Waals surface area contributed by atoms with Crippen molar-refractivity contribution < 1.29 is 9.53 Å².